The smallest absolute Gasteiger partial charge is 0.219 e. The number of nitrogens with zero attached hydrogens (tertiary/aromatic N) is 5. The monoisotopic (exact) mass is 317 g/mol. The predicted octanol–water partition coefficient (Wildman–Crippen LogP) is 1.90. The summed E-state index contributed by atoms with van der Waals surface area (Å²) in [7, 11) is 0. The third kappa shape index (κ3) is 3.13. The van der Waals surface area contributed by atoms with E-state index in [0.717, 1.165) is 31.3 Å². The second-order valence-corrected chi connectivity index (χ2v) is 7.43. The first-order valence-corrected chi connectivity index (χ1v) is 9.05. The van der Waals surface area contributed by atoms with Gasteiger partial charge in [-0.05, 0) is 52.0 Å². The van der Waals surface area contributed by atoms with E-state index < -0.39 is 0 Å². The molecule has 1 aromatic heterocycles. The summed E-state index contributed by atoms with van der Waals surface area (Å²) in [4.78, 5) is 16.5. The van der Waals surface area contributed by atoms with E-state index in [-0.39, 0.29) is 5.91 Å². The van der Waals surface area contributed by atoms with Gasteiger partial charge in [0, 0.05) is 31.6 Å². The predicted molar refractivity (Wildman–Crippen MR) is 86.9 cm³/mol. The van der Waals surface area contributed by atoms with Crippen molar-refractivity contribution in [1.29, 1.82) is 0 Å². The van der Waals surface area contributed by atoms with Crippen LogP contribution >= 0.6 is 0 Å². The molecule has 1 atom stereocenters. The molecule has 23 heavy (non-hydrogen) atoms. The van der Waals surface area contributed by atoms with Gasteiger partial charge < -0.3 is 9.47 Å². The first-order chi connectivity index (χ1) is 11.1. The van der Waals surface area contributed by atoms with Crippen LogP contribution in [-0.4, -0.2) is 55.6 Å². The summed E-state index contributed by atoms with van der Waals surface area (Å²) in [5.41, 5.74) is 0. The standard InChI is InChI=1S/C17H27N5O/c1-12-18-19-17(22(12)15-7-8-15)11-20-9-3-4-16(20)10-21(13(2)23)14-5-6-14/h14-16H,3-11H2,1-2H3/t16-/m1/s1. The molecule has 2 heterocycles. The summed E-state index contributed by atoms with van der Waals surface area (Å²) in [6.45, 7) is 6.64. The van der Waals surface area contributed by atoms with Crippen molar-refractivity contribution in [2.24, 2.45) is 0 Å². The number of carbonyl (C=O) groups excluding carboxylic acids is 1. The highest BCUT2D eigenvalue weighted by Crippen LogP contribution is 2.37. The van der Waals surface area contributed by atoms with Gasteiger partial charge in [0.15, 0.2) is 0 Å². The van der Waals surface area contributed by atoms with Crippen molar-refractivity contribution in [3.8, 4) is 0 Å². The van der Waals surface area contributed by atoms with Crippen molar-refractivity contribution in [3.63, 3.8) is 0 Å². The van der Waals surface area contributed by atoms with Crippen LogP contribution in [0.25, 0.3) is 0 Å². The summed E-state index contributed by atoms with van der Waals surface area (Å²) >= 11 is 0. The van der Waals surface area contributed by atoms with E-state index in [0.29, 0.717) is 18.1 Å². The molecule has 1 saturated heterocycles. The molecule has 1 aliphatic heterocycles. The number of likely N-dealkylation sites (tertiary alicyclic amines) is 1. The molecule has 0 aromatic carbocycles. The molecule has 2 aliphatic carbocycles. The molecular weight excluding hydrogens is 290 g/mol. The molecule has 126 valence electrons. The van der Waals surface area contributed by atoms with E-state index in [1.165, 1.54) is 38.5 Å². The van der Waals surface area contributed by atoms with Gasteiger partial charge in [0.25, 0.3) is 0 Å². The summed E-state index contributed by atoms with van der Waals surface area (Å²) in [6, 6.07) is 1.61. The Bertz CT molecular complexity index is 590. The highest BCUT2D eigenvalue weighted by Gasteiger charge is 2.36. The number of carbonyl (C=O) groups is 1. The fourth-order valence-electron chi connectivity index (χ4n) is 3.97. The molecule has 0 N–H and O–H groups in total. The van der Waals surface area contributed by atoms with E-state index in [9.17, 15) is 4.79 Å². The largest absolute Gasteiger partial charge is 0.338 e. The molecule has 2 saturated carbocycles. The van der Waals surface area contributed by atoms with Crippen LogP contribution in [0.5, 0.6) is 0 Å². The van der Waals surface area contributed by atoms with Gasteiger partial charge >= 0.3 is 0 Å². The van der Waals surface area contributed by atoms with Crippen molar-refractivity contribution in [2.75, 3.05) is 13.1 Å². The van der Waals surface area contributed by atoms with Crippen LogP contribution in [0.1, 0.15) is 63.1 Å². The van der Waals surface area contributed by atoms with Gasteiger partial charge in [0.1, 0.15) is 11.6 Å². The Kier molecular flexibility index (Phi) is 3.87. The van der Waals surface area contributed by atoms with E-state index in [1.54, 1.807) is 6.92 Å². The fraction of sp³-hybridized carbons (Fsp3) is 0.824. The summed E-state index contributed by atoms with van der Waals surface area (Å²) in [6.07, 6.45) is 7.29. The highest BCUT2D eigenvalue weighted by molar-refractivity contribution is 5.74. The Morgan fingerprint density at radius 1 is 1.22 bits per heavy atom. The van der Waals surface area contributed by atoms with Crippen molar-refractivity contribution in [3.05, 3.63) is 11.6 Å². The molecule has 6 nitrogen and oxygen atoms in total. The lowest BCUT2D eigenvalue weighted by Gasteiger charge is -2.30. The third-order valence-corrected chi connectivity index (χ3v) is 5.49. The van der Waals surface area contributed by atoms with Crippen LogP contribution in [0.15, 0.2) is 0 Å². The highest BCUT2D eigenvalue weighted by atomic mass is 16.2. The SMILES string of the molecule is CC(=O)N(C[C@H]1CCCN1Cc1nnc(C)n1C1CC1)C1CC1. The average molecular weight is 317 g/mol. The maximum atomic E-state index is 11.9. The zero-order chi connectivity index (χ0) is 16.0. The maximum absolute atomic E-state index is 11.9. The zero-order valence-corrected chi connectivity index (χ0v) is 14.2. The molecule has 0 spiro atoms. The zero-order valence-electron chi connectivity index (χ0n) is 14.2. The first-order valence-electron chi connectivity index (χ1n) is 9.05. The normalized spacial score (nSPS) is 25.0. The van der Waals surface area contributed by atoms with Crippen molar-refractivity contribution >= 4 is 5.91 Å². The number of aryl methyl sites for hydroxylation is 1. The second kappa shape index (κ2) is 5.89. The Hall–Kier alpha value is -1.43. The van der Waals surface area contributed by atoms with Crippen molar-refractivity contribution in [1.82, 2.24) is 24.6 Å². The lowest BCUT2D eigenvalue weighted by Crippen LogP contribution is -2.43. The molecule has 3 aliphatic rings. The van der Waals surface area contributed by atoms with Crippen molar-refractivity contribution < 1.29 is 4.79 Å². The van der Waals surface area contributed by atoms with Crippen molar-refractivity contribution in [2.45, 2.75) is 77.0 Å². The lowest BCUT2D eigenvalue weighted by molar-refractivity contribution is -0.130. The number of hydrogen-bond acceptors (Lipinski definition) is 4. The molecule has 4 rings (SSSR count). The molecule has 0 unspecified atom stereocenters. The van der Waals surface area contributed by atoms with Crippen LogP contribution < -0.4 is 0 Å². The number of amides is 1. The number of rotatable bonds is 6. The first kappa shape index (κ1) is 15.1. The average Bonchev–Trinajstić information content (AvgIpc) is 3.43. The van der Waals surface area contributed by atoms with Gasteiger partial charge in [0.2, 0.25) is 5.91 Å². The van der Waals surface area contributed by atoms with Gasteiger partial charge in [-0.3, -0.25) is 9.69 Å². The van der Waals surface area contributed by atoms with Crippen LogP contribution in [0.4, 0.5) is 0 Å². The fourth-order valence-corrected chi connectivity index (χ4v) is 3.97. The van der Waals surface area contributed by atoms with Gasteiger partial charge in [0.05, 0.1) is 6.54 Å². The van der Waals surface area contributed by atoms with Crippen LogP contribution in [0, 0.1) is 6.92 Å². The Balaban J connectivity index is 1.44. The van der Waals surface area contributed by atoms with Crippen LogP contribution in [0.2, 0.25) is 0 Å². The van der Waals surface area contributed by atoms with Gasteiger partial charge in [-0.15, -0.1) is 10.2 Å². The minimum absolute atomic E-state index is 0.233. The van der Waals surface area contributed by atoms with Gasteiger partial charge in [-0.25, -0.2) is 0 Å². The van der Waals surface area contributed by atoms with Crippen LogP contribution in [-0.2, 0) is 11.3 Å². The molecule has 0 radical (unpaired) electrons. The Labute approximate surface area is 137 Å². The summed E-state index contributed by atoms with van der Waals surface area (Å²) < 4.78 is 2.33. The molecule has 1 aromatic rings. The maximum Gasteiger partial charge on any atom is 0.219 e. The third-order valence-electron chi connectivity index (χ3n) is 5.49. The van der Waals surface area contributed by atoms with Crippen LogP contribution in [0.3, 0.4) is 0 Å². The quantitative estimate of drug-likeness (QED) is 0.804. The van der Waals surface area contributed by atoms with Gasteiger partial charge in [-0.1, -0.05) is 0 Å². The Morgan fingerprint density at radius 2 is 2.00 bits per heavy atom. The molecule has 0 bridgehead atoms. The van der Waals surface area contributed by atoms with E-state index in [2.05, 4.69) is 31.5 Å². The Morgan fingerprint density at radius 3 is 2.65 bits per heavy atom. The number of hydrogen-bond donors (Lipinski definition) is 0. The molecule has 3 fully saturated rings. The molecule has 6 heteroatoms. The lowest BCUT2D eigenvalue weighted by atomic mass is 10.2. The second-order valence-electron chi connectivity index (χ2n) is 7.43. The number of aromatic nitrogens is 3. The van der Waals surface area contributed by atoms with E-state index in [4.69, 9.17) is 0 Å². The summed E-state index contributed by atoms with van der Waals surface area (Å²) in [5.74, 6) is 2.38. The topological polar surface area (TPSA) is 54.3 Å². The minimum atomic E-state index is 0.233. The molecule has 1 amide bonds. The van der Waals surface area contributed by atoms with Gasteiger partial charge in [-0.2, -0.15) is 0 Å². The van der Waals surface area contributed by atoms with E-state index >= 15 is 0 Å². The molecular formula is C17H27N5O. The minimum Gasteiger partial charge on any atom is -0.338 e. The van der Waals surface area contributed by atoms with E-state index in [1.807, 2.05) is 0 Å². The summed E-state index contributed by atoms with van der Waals surface area (Å²) in [5, 5.41) is 8.72.